The first-order valence-electron chi connectivity index (χ1n) is 5.79. The van der Waals surface area contributed by atoms with Gasteiger partial charge in [0.15, 0.2) is 0 Å². The van der Waals surface area contributed by atoms with Crippen LogP contribution >= 0.6 is 27.5 Å². The van der Waals surface area contributed by atoms with Crippen LogP contribution in [0, 0.1) is 0 Å². The summed E-state index contributed by atoms with van der Waals surface area (Å²) in [6.07, 6.45) is 4.27. The predicted octanol–water partition coefficient (Wildman–Crippen LogP) is 4.41. The Morgan fingerprint density at radius 3 is 2.82 bits per heavy atom. The smallest absolute Gasteiger partial charge is 0.0673 e. The van der Waals surface area contributed by atoms with Gasteiger partial charge in [-0.1, -0.05) is 27.5 Å². The van der Waals surface area contributed by atoms with Crippen LogP contribution in [0.5, 0.6) is 0 Å². The molecule has 0 radical (unpaired) electrons. The van der Waals surface area contributed by atoms with Crippen LogP contribution in [-0.4, -0.2) is 17.8 Å². The quantitative estimate of drug-likeness (QED) is 0.760. The van der Waals surface area contributed by atoms with Crippen molar-refractivity contribution >= 4 is 38.4 Å². The Kier molecular flexibility index (Phi) is 3.16. The Morgan fingerprint density at radius 2 is 2.06 bits per heavy atom. The van der Waals surface area contributed by atoms with E-state index in [1.54, 1.807) is 0 Å². The predicted molar refractivity (Wildman–Crippen MR) is 73.7 cm³/mol. The molecule has 2 aromatic rings. The summed E-state index contributed by atoms with van der Waals surface area (Å²) in [6, 6.07) is 6.71. The van der Waals surface area contributed by atoms with Gasteiger partial charge in [-0.15, -0.1) is 0 Å². The summed E-state index contributed by atoms with van der Waals surface area (Å²) in [5.41, 5.74) is 1.14. The molecular formula is C13H13BrClNO. The van der Waals surface area contributed by atoms with Crippen LogP contribution in [0.25, 0.3) is 10.9 Å². The van der Waals surface area contributed by atoms with Crippen molar-refractivity contribution in [3.63, 3.8) is 0 Å². The average molecular weight is 315 g/mol. The van der Waals surface area contributed by atoms with Crippen LogP contribution in [0.2, 0.25) is 5.02 Å². The Bertz CT molecular complexity index is 546. The SMILES string of the molecule is Clc1cc(Br)cc2ccn(C3CCOCC3)c12. The van der Waals surface area contributed by atoms with Crippen LogP contribution in [0.1, 0.15) is 18.9 Å². The molecule has 0 amide bonds. The van der Waals surface area contributed by atoms with E-state index in [9.17, 15) is 0 Å². The van der Waals surface area contributed by atoms with Gasteiger partial charge in [0.1, 0.15) is 0 Å². The minimum atomic E-state index is 0.514. The zero-order valence-corrected chi connectivity index (χ0v) is 11.7. The van der Waals surface area contributed by atoms with Crippen molar-refractivity contribution in [1.29, 1.82) is 0 Å². The highest BCUT2D eigenvalue weighted by atomic mass is 79.9. The minimum absolute atomic E-state index is 0.514. The van der Waals surface area contributed by atoms with Gasteiger partial charge in [0.05, 0.1) is 10.5 Å². The van der Waals surface area contributed by atoms with Gasteiger partial charge in [0.25, 0.3) is 0 Å². The summed E-state index contributed by atoms with van der Waals surface area (Å²) in [4.78, 5) is 0. The lowest BCUT2D eigenvalue weighted by Crippen LogP contribution is -2.18. The van der Waals surface area contributed by atoms with Crippen molar-refractivity contribution < 1.29 is 4.74 Å². The second-order valence-corrected chi connectivity index (χ2v) is 5.71. The number of ether oxygens (including phenoxy) is 1. The number of halogens is 2. The van der Waals surface area contributed by atoms with E-state index in [4.69, 9.17) is 16.3 Å². The lowest BCUT2D eigenvalue weighted by molar-refractivity contribution is 0.0707. The molecule has 0 atom stereocenters. The van der Waals surface area contributed by atoms with Gasteiger partial charge in [-0.05, 0) is 31.0 Å². The number of nitrogens with zero attached hydrogens (tertiary/aromatic N) is 1. The molecule has 1 aromatic carbocycles. The van der Waals surface area contributed by atoms with Crippen LogP contribution in [0.4, 0.5) is 0 Å². The van der Waals surface area contributed by atoms with Crippen molar-refractivity contribution in [1.82, 2.24) is 4.57 Å². The summed E-state index contributed by atoms with van der Waals surface area (Å²) < 4.78 is 8.73. The largest absolute Gasteiger partial charge is 0.381 e. The second kappa shape index (κ2) is 4.63. The van der Waals surface area contributed by atoms with E-state index in [1.165, 1.54) is 5.39 Å². The van der Waals surface area contributed by atoms with Crippen LogP contribution in [-0.2, 0) is 4.74 Å². The normalized spacial score (nSPS) is 17.8. The highest BCUT2D eigenvalue weighted by Gasteiger charge is 2.18. The Balaban J connectivity index is 2.10. The van der Waals surface area contributed by atoms with Crippen LogP contribution in [0.15, 0.2) is 28.9 Å². The molecule has 2 nitrogen and oxygen atoms in total. The summed E-state index contributed by atoms with van der Waals surface area (Å²) in [7, 11) is 0. The van der Waals surface area contributed by atoms with Gasteiger partial charge >= 0.3 is 0 Å². The molecule has 0 bridgehead atoms. The lowest BCUT2D eigenvalue weighted by Gasteiger charge is -2.24. The third-order valence-corrected chi connectivity index (χ3v) is 4.06. The maximum absolute atomic E-state index is 6.35. The molecule has 4 heteroatoms. The summed E-state index contributed by atoms with van der Waals surface area (Å²) in [6.45, 7) is 1.69. The van der Waals surface area contributed by atoms with Gasteiger partial charge in [0.2, 0.25) is 0 Å². The highest BCUT2D eigenvalue weighted by Crippen LogP contribution is 2.33. The van der Waals surface area contributed by atoms with Crippen molar-refractivity contribution in [3.8, 4) is 0 Å². The summed E-state index contributed by atoms with van der Waals surface area (Å²) in [5, 5.41) is 2.00. The molecule has 1 aliphatic rings. The van der Waals surface area contributed by atoms with E-state index >= 15 is 0 Å². The third-order valence-electron chi connectivity index (χ3n) is 3.31. The molecule has 0 saturated carbocycles. The molecule has 90 valence electrons. The van der Waals surface area contributed by atoms with Crippen molar-refractivity contribution in [2.75, 3.05) is 13.2 Å². The standard InChI is InChI=1S/C13H13BrClNO/c14-10-7-9-1-4-16(13(9)12(15)8-10)11-2-5-17-6-3-11/h1,4,7-8,11H,2-3,5-6H2. The Hall–Kier alpha value is -0.510. The number of aromatic nitrogens is 1. The fraction of sp³-hybridized carbons (Fsp3) is 0.385. The van der Waals surface area contributed by atoms with E-state index < -0.39 is 0 Å². The minimum Gasteiger partial charge on any atom is -0.381 e. The number of hydrogen-bond acceptors (Lipinski definition) is 1. The van der Waals surface area contributed by atoms with Gasteiger partial charge < -0.3 is 9.30 Å². The first-order chi connectivity index (χ1) is 8.25. The van der Waals surface area contributed by atoms with Crippen LogP contribution < -0.4 is 0 Å². The van der Waals surface area contributed by atoms with Crippen LogP contribution in [0.3, 0.4) is 0 Å². The Labute approximate surface area is 114 Å². The Morgan fingerprint density at radius 1 is 1.29 bits per heavy atom. The lowest BCUT2D eigenvalue weighted by atomic mass is 10.1. The van der Waals surface area contributed by atoms with E-state index in [-0.39, 0.29) is 0 Å². The maximum Gasteiger partial charge on any atom is 0.0673 e. The molecular weight excluding hydrogens is 302 g/mol. The topological polar surface area (TPSA) is 14.2 Å². The number of hydrogen-bond donors (Lipinski definition) is 0. The monoisotopic (exact) mass is 313 g/mol. The fourth-order valence-corrected chi connectivity index (χ4v) is 3.42. The van der Waals surface area contributed by atoms with E-state index in [0.29, 0.717) is 6.04 Å². The van der Waals surface area contributed by atoms with Gasteiger partial charge in [-0.25, -0.2) is 0 Å². The summed E-state index contributed by atoms with van der Waals surface area (Å²) >= 11 is 9.82. The van der Waals surface area contributed by atoms with Gasteiger partial charge in [-0.3, -0.25) is 0 Å². The molecule has 1 fully saturated rings. The first kappa shape index (κ1) is 11.6. The maximum atomic E-state index is 6.35. The number of rotatable bonds is 1. The first-order valence-corrected chi connectivity index (χ1v) is 6.96. The number of benzene rings is 1. The number of fused-ring (bicyclic) bond motifs is 1. The highest BCUT2D eigenvalue weighted by molar-refractivity contribution is 9.10. The summed E-state index contributed by atoms with van der Waals surface area (Å²) in [5.74, 6) is 0. The van der Waals surface area contributed by atoms with Gasteiger partial charge in [-0.2, -0.15) is 0 Å². The average Bonchev–Trinajstić information content (AvgIpc) is 2.74. The fourth-order valence-electron chi connectivity index (χ4n) is 2.49. The molecule has 17 heavy (non-hydrogen) atoms. The zero-order valence-electron chi connectivity index (χ0n) is 9.33. The van der Waals surface area contributed by atoms with Crippen molar-refractivity contribution in [3.05, 3.63) is 33.9 Å². The van der Waals surface area contributed by atoms with E-state index in [1.807, 2.05) is 6.07 Å². The second-order valence-electron chi connectivity index (χ2n) is 4.39. The van der Waals surface area contributed by atoms with Gasteiger partial charge in [0, 0.05) is 35.3 Å². The molecule has 1 aliphatic heterocycles. The van der Waals surface area contributed by atoms with E-state index in [0.717, 1.165) is 41.1 Å². The molecule has 0 unspecified atom stereocenters. The van der Waals surface area contributed by atoms with E-state index in [2.05, 4.69) is 38.8 Å². The zero-order chi connectivity index (χ0) is 11.8. The third kappa shape index (κ3) is 2.12. The molecule has 0 spiro atoms. The molecule has 1 saturated heterocycles. The molecule has 3 rings (SSSR count). The molecule has 0 N–H and O–H groups in total. The van der Waals surface area contributed by atoms with Crippen molar-refractivity contribution in [2.45, 2.75) is 18.9 Å². The molecule has 1 aromatic heterocycles. The molecule has 2 heterocycles. The van der Waals surface area contributed by atoms with Crippen molar-refractivity contribution in [2.24, 2.45) is 0 Å². The molecule has 0 aliphatic carbocycles.